The molecule has 0 aromatic heterocycles. The summed E-state index contributed by atoms with van der Waals surface area (Å²) in [7, 11) is 0. The first-order valence-corrected chi connectivity index (χ1v) is 9.23. The van der Waals surface area contributed by atoms with E-state index in [9.17, 15) is 22.8 Å². The normalized spacial score (nSPS) is 14.0. The van der Waals surface area contributed by atoms with Gasteiger partial charge in [0.25, 0.3) is 5.91 Å². The molecule has 0 heterocycles. The van der Waals surface area contributed by atoms with Crippen LogP contribution in [0.25, 0.3) is 11.1 Å². The fraction of sp³-hybridized carbons (Fsp3) is 0.130. The molecule has 1 aliphatic carbocycles. The largest absolute Gasteiger partial charge is 0.416 e. The first kappa shape index (κ1) is 19.7. The highest BCUT2D eigenvalue weighted by Gasteiger charge is 2.38. The molecule has 1 atom stereocenters. The van der Waals surface area contributed by atoms with Crippen LogP contribution in [-0.4, -0.2) is 17.9 Å². The molecule has 0 radical (unpaired) electrons. The lowest BCUT2D eigenvalue weighted by Crippen LogP contribution is -2.48. The van der Waals surface area contributed by atoms with Crippen LogP contribution in [0.1, 0.15) is 33.0 Å². The Morgan fingerprint density at radius 3 is 1.97 bits per heavy atom. The van der Waals surface area contributed by atoms with Crippen LogP contribution in [0.15, 0.2) is 72.8 Å². The van der Waals surface area contributed by atoms with Gasteiger partial charge in [0.1, 0.15) is 6.04 Å². The summed E-state index contributed by atoms with van der Waals surface area (Å²) >= 11 is 0. The van der Waals surface area contributed by atoms with Crippen molar-refractivity contribution < 1.29 is 22.8 Å². The van der Waals surface area contributed by atoms with Crippen LogP contribution in [0.3, 0.4) is 0 Å². The van der Waals surface area contributed by atoms with Crippen molar-refractivity contribution in [2.75, 3.05) is 0 Å². The molecular weight excluding hydrogens is 393 g/mol. The van der Waals surface area contributed by atoms with Crippen LogP contribution >= 0.6 is 0 Å². The Morgan fingerprint density at radius 1 is 0.867 bits per heavy atom. The van der Waals surface area contributed by atoms with E-state index in [2.05, 4.69) is 5.32 Å². The fourth-order valence-corrected chi connectivity index (χ4v) is 3.93. The summed E-state index contributed by atoms with van der Waals surface area (Å²) in [4.78, 5) is 25.1. The lowest BCUT2D eigenvalue weighted by molar-refractivity contribution is -0.137. The summed E-state index contributed by atoms with van der Waals surface area (Å²) in [5.74, 6) is -2.11. The van der Waals surface area contributed by atoms with Crippen LogP contribution < -0.4 is 11.1 Å². The maximum atomic E-state index is 13.0. The zero-order chi connectivity index (χ0) is 21.5. The van der Waals surface area contributed by atoms with Gasteiger partial charge in [0.15, 0.2) is 0 Å². The summed E-state index contributed by atoms with van der Waals surface area (Å²) in [5, 5.41) is 2.55. The van der Waals surface area contributed by atoms with E-state index >= 15 is 0 Å². The molecule has 0 aliphatic heterocycles. The van der Waals surface area contributed by atoms with Gasteiger partial charge in [-0.05, 0) is 40.5 Å². The number of amides is 2. The molecule has 3 N–H and O–H groups in total. The van der Waals surface area contributed by atoms with Crippen LogP contribution in [0.2, 0.25) is 0 Å². The first-order chi connectivity index (χ1) is 14.3. The Hall–Kier alpha value is -3.61. The van der Waals surface area contributed by atoms with Gasteiger partial charge in [-0.3, -0.25) is 9.59 Å². The van der Waals surface area contributed by atoms with Crippen LogP contribution in [0.4, 0.5) is 13.2 Å². The number of carbonyl (C=O) groups excluding carboxylic acids is 2. The van der Waals surface area contributed by atoms with E-state index in [-0.39, 0.29) is 5.56 Å². The molecule has 0 saturated heterocycles. The van der Waals surface area contributed by atoms with Gasteiger partial charge < -0.3 is 11.1 Å². The predicted octanol–water partition coefficient (Wildman–Crippen LogP) is 4.10. The van der Waals surface area contributed by atoms with Gasteiger partial charge in [0.05, 0.1) is 5.56 Å². The molecule has 4 rings (SSSR count). The molecule has 3 aromatic rings. The highest BCUT2D eigenvalue weighted by Crippen LogP contribution is 2.46. The standard InChI is InChI=1S/C23H17F3N2O2/c24-23(25,26)14-7-5-6-13(12-14)22(30)28-20(21(27)29)19-17-10-3-1-8-15(17)16-9-2-4-11-18(16)19/h1-12,19-20H,(H2,27,29)(H,28,30)/t20-/m0/s1. The van der Waals surface area contributed by atoms with E-state index < -0.39 is 35.5 Å². The van der Waals surface area contributed by atoms with Crippen LogP contribution in [-0.2, 0) is 11.0 Å². The number of nitrogens with two attached hydrogens (primary N) is 1. The number of carbonyl (C=O) groups is 2. The second-order valence-corrected chi connectivity index (χ2v) is 7.08. The van der Waals surface area contributed by atoms with E-state index in [1.54, 1.807) is 0 Å². The average Bonchev–Trinajstić information content (AvgIpc) is 3.05. The maximum Gasteiger partial charge on any atom is 0.416 e. The van der Waals surface area contributed by atoms with Gasteiger partial charge in [-0.2, -0.15) is 13.2 Å². The van der Waals surface area contributed by atoms with E-state index in [4.69, 9.17) is 5.73 Å². The minimum absolute atomic E-state index is 0.198. The van der Waals surface area contributed by atoms with Gasteiger partial charge in [0, 0.05) is 11.5 Å². The topological polar surface area (TPSA) is 72.2 Å². The third kappa shape index (κ3) is 3.43. The van der Waals surface area contributed by atoms with E-state index in [0.29, 0.717) is 0 Å². The van der Waals surface area contributed by atoms with Crippen molar-refractivity contribution in [3.63, 3.8) is 0 Å². The lowest BCUT2D eigenvalue weighted by Gasteiger charge is -2.24. The predicted molar refractivity (Wildman–Crippen MR) is 106 cm³/mol. The van der Waals surface area contributed by atoms with Crippen molar-refractivity contribution in [1.82, 2.24) is 5.32 Å². The molecule has 7 heteroatoms. The highest BCUT2D eigenvalue weighted by atomic mass is 19.4. The maximum absolute atomic E-state index is 13.0. The molecule has 1 aliphatic rings. The number of primary amides is 1. The lowest BCUT2D eigenvalue weighted by atomic mass is 9.88. The summed E-state index contributed by atoms with van der Waals surface area (Å²) in [6.45, 7) is 0. The second kappa shape index (κ2) is 7.33. The third-order valence-electron chi connectivity index (χ3n) is 5.26. The number of rotatable bonds is 4. The zero-order valence-electron chi connectivity index (χ0n) is 15.6. The number of hydrogen-bond donors (Lipinski definition) is 2. The molecule has 2 amide bonds. The van der Waals surface area contributed by atoms with Crippen LogP contribution in [0.5, 0.6) is 0 Å². The number of hydrogen-bond acceptors (Lipinski definition) is 2. The molecule has 3 aromatic carbocycles. The fourth-order valence-electron chi connectivity index (χ4n) is 3.93. The third-order valence-corrected chi connectivity index (χ3v) is 5.26. The van der Waals surface area contributed by atoms with Crippen LogP contribution in [0, 0.1) is 0 Å². The number of alkyl halides is 3. The van der Waals surface area contributed by atoms with E-state index in [0.717, 1.165) is 40.5 Å². The van der Waals surface area contributed by atoms with Gasteiger partial charge >= 0.3 is 6.18 Å². The summed E-state index contributed by atoms with van der Waals surface area (Å²) in [5.41, 5.74) is 7.99. The van der Waals surface area contributed by atoms with Gasteiger partial charge in [-0.25, -0.2) is 0 Å². The highest BCUT2D eigenvalue weighted by molar-refractivity contribution is 5.98. The van der Waals surface area contributed by atoms with Crippen molar-refractivity contribution in [3.8, 4) is 11.1 Å². The number of halogens is 3. The van der Waals surface area contributed by atoms with Gasteiger partial charge in [-0.1, -0.05) is 54.6 Å². The Kier molecular flexibility index (Phi) is 4.81. The molecule has 4 nitrogen and oxygen atoms in total. The average molecular weight is 410 g/mol. The Balaban J connectivity index is 1.71. The minimum Gasteiger partial charge on any atom is -0.368 e. The summed E-state index contributed by atoms with van der Waals surface area (Å²) in [6.07, 6.45) is -4.58. The minimum atomic E-state index is -4.58. The molecule has 0 spiro atoms. The Morgan fingerprint density at radius 2 is 1.43 bits per heavy atom. The molecule has 0 bridgehead atoms. The molecule has 0 unspecified atom stereocenters. The second-order valence-electron chi connectivity index (χ2n) is 7.08. The molecule has 0 saturated carbocycles. The van der Waals surface area contributed by atoms with Crippen molar-refractivity contribution in [2.24, 2.45) is 5.73 Å². The van der Waals surface area contributed by atoms with Gasteiger partial charge in [0.2, 0.25) is 5.91 Å². The van der Waals surface area contributed by atoms with Crippen molar-refractivity contribution in [2.45, 2.75) is 18.1 Å². The van der Waals surface area contributed by atoms with Crippen molar-refractivity contribution in [1.29, 1.82) is 0 Å². The monoisotopic (exact) mass is 410 g/mol. The smallest absolute Gasteiger partial charge is 0.368 e. The molecule has 152 valence electrons. The number of fused-ring (bicyclic) bond motifs is 3. The SMILES string of the molecule is NC(=O)[C@@H](NC(=O)c1cccc(C(F)(F)F)c1)C1c2ccccc2-c2ccccc21. The molecule has 0 fully saturated rings. The van der Waals surface area contributed by atoms with E-state index in [1.165, 1.54) is 6.07 Å². The molecular formula is C23H17F3N2O2. The quantitative estimate of drug-likeness (QED) is 0.680. The number of nitrogens with one attached hydrogen (secondary N) is 1. The summed E-state index contributed by atoms with van der Waals surface area (Å²) in [6, 6.07) is 17.9. The molecule has 30 heavy (non-hydrogen) atoms. The summed E-state index contributed by atoms with van der Waals surface area (Å²) < 4.78 is 39.0. The Labute approximate surface area is 170 Å². The number of benzene rings is 3. The van der Waals surface area contributed by atoms with Crippen molar-refractivity contribution >= 4 is 11.8 Å². The first-order valence-electron chi connectivity index (χ1n) is 9.23. The Bertz CT molecular complexity index is 1100. The van der Waals surface area contributed by atoms with Gasteiger partial charge in [-0.15, -0.1) is 0 Å². The zero-order valence-corrected chi connectivity index (χ0v) is 15.6. The van der Waals surface area contributed by atoms with Crippen molar-refractivity contribution in [3.05, 3.63) is 95.1 Å². The van der Waals surface area contributed by atoms with E-state index in [1.807, 2.05) is 48.5 Å².